The minimum atomic E-state index is -0.719. The Morgan fingerprint density at radius 3 is 2.27 bits per heavy atom. The molecule has 0 aliphatic rings. The summed E-state index contributed by atoms with van der Waals surface area (Å²) in [5.41, 5.74) is -0.719. The van der Waals surface area contributed by atoms with E-state index in [2.05, 4.69) is 13.8 Å². The third-order valence-corrected chi connectivity index (χ3v) is 3.34. The van der Waals surface area contributed by atoms with Crippen molar-refractivity contribution in [1.29, 1.82) is 0 Å². The van der Waals surface area contributed by atoms with Crippen LogP contribution in [0.25, 0.3) is 0 Å². The van der Waals surface area contributed by atoms with Crippen molar-refractivity contribution in [2.24, 2.45) is 0 Å². The lowest BCUT2D eigenvalue weighted by Crippen LogP contribution is -2.53. The summed E-state index contributed by atoms with van der Waals surface area (Å²) in [5, 5.41) is 9.31. The van der Waals surface area contributed by atoms with Gasteiger partial charge in [-0.3, -0.25) is 9.69 Å². The zero-order valence-electron chi connectivity index (χ0n) is 10.7. The zero-order chi connectivity index (χ0) is 12.1. The first-order chi connectivity index (χ1) is 6.90. The van der Waals surface area contributed by atoms with E-state index in [1.54, 1.807) is 0 Å². The molecule has 0 saturated carbocycles. The minimum Gasteiger partial charge on any atom is -0.480 e. The number of carbonyl (C=O) groups is 1. The average Bonchev–Trinajstić information content (AvgIpc) is 2.17. The Kier molecular flexibility index (Phi) is 5.88. The van der Waals surface area contributed by atoms with Crippen molar-refractivity contribution in [3.63, 3.8) is 0 Å². The predicted octanol–water partition coefficient (Wildman–Crippen LogP) is 2.75. The quantitative estimate of drug-likeness (QED) is 0.710. The summed E-state index contributed by atoms with van der Waals surface area (Å²) in [4.78, 5) is 13.3. The van der Waals surface area contributed by atoms with Crippen LogP contribution in [0.3, 0.4) is 0 Å². The molecule has 0 heterocycles. The summed E-state index contributed by atoms with van der Waals surface area (Å²) >= 11 is 0. The Labute approximate surface area is 93.5 Å². The number of carboxylic acid groups (broad SMARTS) is 1. The molecule has 0 saturated heterocycles. The molecule has 0 radical (unpaired) electrons. The van der Waals surface area contributed by atoms with E-state index in [0.717, 1.165) is 19.3 Å². The molecule has 0 aromatic carbocycles. The summed E-state index contributed by atoms with van der Waals surface area (Å²) in [5.74, 6) is -0.713. The van der Waals surface area contributed by atoms with Crippen LogP contribution >= 0.6 is 0 Å². The number of likely N-dealkylation sites (N-methyl/N-ethyl adjacent to an activating group) is 1. The Bertz CT molecular complexity index is 206. The van der Waals surface area contributed by atoms with E-state index in [1.807, 2.05) is 25.8 Å². The van der Waals surface area contributed by atoms with Crippen LogP contribution in [0.2, 0.25) is 0 Å². The molecule has 2 unspecified atom stereocenters. The van der Waals surface area contributed by atoms with Crippen LogP contribution in [0, 0.1) is 0 Å². The molecule has 3 nitrogen and oxygen atoms in total. The first kappa shape index (κ1) is 14.4. The van der Waals surface area contributed by atoms with E-state index in [4.69, 9.17) is 0 Å². The van der Waals surface area contributed by atoms with Gasteiger partial charge in [0.2, 0.25) is 0 Å². The lowest BCUT2D eigenvalue weighted by Gasteiger charge is -2.39. The molecule has 0 amide bonds. The Balaban J connectivity index is 4.68. The van der Waals surface area contributed by atoms with Crippen LogP contribution in [-0.2, 0) is 4.79 Å². The molecule has 0 aromatic rings. The molecule has 0 bridgehead atoms. The first-order valence-electron chi connectivity index (χ1n) is 5.86. The standard InChI is InChI=1S/C12H25NO2/c1-6-8-10(3)13(5)12(4,9-7-2)11(14)15/h10H,6-9H2,1-5H3,(H,14,15). The maximum Gasteiger partial charge on any atom is 0.323 e. The molecule has 1 N–H and O–H groups in total. The van der Waals surface area contributed by atoms with E-state index >= 15 is 0 Å². The van der Waals surface area contributed by atoms with Crippen LogP contribution in [0.4, 0.5) is 0 Å². The SMILES string of the molecule is CCCC(C)N(C)C(C)(CCC)C(=O)O. The molecular weight excluding hydrogens is 190 g/mol. The highest BCUT2D eigenvalue weighted by atomic mass is 16.4. The van der Waals surface area contributed by atoms with Gasteiger partial charge in [-0.2, -0.15) is 0 Å². The summed E-state index contributed by atoms with van der Waals surface area (Å²) in [7, 11) is 1.92. The molecule has 0 fully saturated rings. The Hall–Kier alpha value is -0.570. The van der Waals surface area contributed by atoms with Crippen LogP contribution < -0.4 is 0 Å². The largest absolute Gasteiger partial charge is 0.480 e. The Morgan fingerprint density at radius 1 is 1.40 bits per heavy atom. The molecule has 15 heavy (non-hydrogen) atoms. The van der Waals surface area contributed by atoms with Crippen molar-refractivity contribution in [2.75, 3.05) is 7.05 Å². The fourth-order valence-electron chi connectivity index (χ4n) is 2.02. The number of rotatable bonds is 7. The molecular formula is C12H25NO2. The highest BCUT2D eigenvalue weighted by Crippen LogP contribution is 2.24. The number of carboxylic acids is 1. The number of nitrogens with zero attached hydrogens (tertiary/aromatic N) is 1. The highest BCUT2D eigenvalue weighted by molar-refractivity contribution is 5.78. The van der Waals surface area contributed by atoms with Crippen LogP contribution in [-0.4, -0.2) is 34.6 Å². The Morgan fingerprint density at radius 2 is 1.93 bits per heavy atom. The van der Waals surface area contributed by atoms with E-state index in [-0.39, 0.29) is 0 Å². The van der Waals surface area contributed by atoms with Gasteiger partial charge in [0.05, 0.1) is 0 Å². The molecule has 0 rings (SSSR count). The van der Waals surface area contributed by atoms with Crippen molar-refractivity contribution in [3.8, 4) is 0 Å². The lowest BCUT2D eigenvalue weighted by molar-refractivity contribution is -0.151. The van der Waals surface area contributed by atoms with Gasteiger partial charge in [-0.15, -0.1) is 0 Å². The summed E-state index contributed by atoms with van der Waals surface area (Å²) in [6, 6.07) is 0.322. The normalized spacial score (nSPS) is 17.5. The van der Waals surface area contributed by atoms with Gasteiger partial charge < -0.3 is 5.11 Å². The van der Waals surface area contributed by atoms with Crippen molar-refractivity contribution in [2.45, 2.75) is 65.0 Å². The third kappa shape index (κ3) is 3.49. The summed E-state index contributed by atoms with van der Waals surface area (Å²) in [6.45, 7) is 8.08. The number of hydrogen-bond donors (Lipinski definition) is 1. The topological polar surface area (TPSA) is 40.5 Å². The van der Waals surface area contributed by atoms with E-state index < -0.39 is 11.5 Å². The molecule has 0 aliphatic carbocycles. The van der Waals surface area contributed by atoms with E-state index in [0.29, 0.717) is 12.5 Å². The third-order valence-electron chi connectivity index (χ3n) is 3.34. The van der Waals surface area contributed by atoms with Crippen molar-refractivity contribution in [3.05, 3.63) is 0 Å². The van der Waals surface area contributed by atoms with Crippen LogP contribution in [0.5, 0.6) is 0 Å². The number of aliphatic carboxylic acids is 1. The second kappa shape index (κ2) is 6.11. The highest BCUT2D eigenvalue weighted by Gasteiger charge is 2.38. The zero-order valence-corrected chi connectivity index (χ0v) is 10.7. The van der Waals surface area contributed by atoms with Crippen LogP contribution in [0.1, 0.15) is 53.4 Å². The van der Waals surface area contributed by atoms with Gasteiger partial charge in [0, 0.05) is 6.04 Å². The fourth-order valence-corrected chi connectivity index (χ4v) is 2.02. The first-order valence-corrected chi connectivity index (χ1v) is 5.86. The second-order valence-electron chi connectivity index (χ2n) is 4.58. The maximum absolute atomic E-state index is 11.3. The van der Waals surface area contributed by atoms with Crippen molar-refractivity contribution in [1.82, 2.24) is 4.90 Å². The van der Waals surface area contributed by atoms with E-state index in [1.165, 1.54) is 0 Å². The average molecular weight is 215 g/mol. The van der Waals surface area contributed by atoms with Crippen molar-refractivity contribution < 1.29 is 9.90 Å². The van der Waals surface area contributed by atoms with Gasteiger partial charge in [-0.25, -0.2) is 0 Å². The van der Waals surface area contributed by atoms with Crippen molar-refractivity contribution >= 4 is 5.97 Å². The summed E-state index contributed by atoms with van der Waals surface area (Å²) < 4.78 is 0. The maximum atomic E-state index is 11.3. The van der Waals surface area contributed by atoms with Gasteiger partial charge in [-0.1, -0.05) is 26.7 Å². The molecule has 3 heteroatoms. The van der Waals surface area contributed by atoms with E-state index in [9.17, 15) is 9.90 Å². The number of hydrogen-bond acceptors (Lipinski definition) is 2. The monoisotopic (exact) mass is 215 g/mol. The van der Waals surface area contributed by atoms with Gasteiger partial charge in [0.25, 0.3) is 0 Å². The minimum absolute atomic E-state index is 0.322. The van der Waals surface area contributed by atoms with Crippen LogP contribution in [0.15, 0.2) is 0 Å². The van der Waals surface area contributed by atoms with Gasteiger partial charge in [0.15, 0.2) is 0 Å². The van der Waals surface area contributed by atoms with Gasteiger partial charge in [-0.05, 0) is 33.7 Å². The molecule has 0 spiro atoms. The lowest BCUT2D eigenvalue weighted by atomic mass is 9.92. The predicted molar refractivity (Wildman–Crippen MR) is 63.1 cm³/mol. The molecule has 90 valence electrons. The molecule has 2 atom stereocenters. The van der Waals surface area contributed by atoms with Gasteiger partial charge in [0.1, 0.15) is 5.54 Å². The fraction of sp³-hybridized carbons (Fsp3) is 0.917. The second-order valence-corrected chi connectivity index (χ2v) is 4.58. The molecule has 0 aliphatic heterocycles. The smallest absolute Gasteiger partial charge is 0.323 e. The summed E-state index contributed by atoms with van der Waals surface area (Å²) in [6.07, 6.45) is 3.73. The molecule has 0 aromatic heterocycles. The van der Waals surface area contributed by atoms with Gasteiger partial charge >= 0.3 is 5.97 Å².